The van der Waals surface area contributed by atoms with Gasteiger partial charge in [-0.05, 0) is 55.7 Å². The number of carbonyl (C=O) groups is 1. The van der Waals surface area contributed by atoms with Crippen molar-refractivity contribution >= 4 is 23.4 Å². The molecule has 2 saturated carbocycles. The minimum absolute atomic E-state index is 0.0427. The molecule has 3 aromatic rings. The summed E-state index contributed by atoms with van der Waals surface area (Å²) in [6.07, 6.45) is 7.36. The number of fused-ring (bicyclic) bond motifs is 1. The predicted molar refractivity (Wildman–Crippen MR) is 137 cm³/mol. The van der Waals surface area contributed by atoms with Gasteiger partial charge in [0.25, 0.3) is 0 Å². The summed E-state index contributed by atoms with van der Waals surface area (Å²) >= 11 is 0. The second-order valence-corrected chi connectivity index (χ2v) is 10.9. The molecule has 1 amide bonds. The lowest BCUT2D eigenvalue weighted by molar-refractivity contribution is -0.117. The average molecular weight is 499 g/mol. The van der Waals surface area contributed by atoms with Gasteiger partial charge >= 0.3 is 0 Å². The van der Waals surface area contributed by atoms with Crippen LogP contribution in [0.4, 0.5) is 17.5 Å². The number of aromatic nitrogens is 5. The van der Waals surface area contributed by atoms with Gasteiger partial charge < -0.3 is 20.2 Å². The Kier molecular flexibility index (Phi) is 5.31. The highest BCUT2D eigenvalue weighted by atomic mass is 16.3. The summed E-state index contributed by atoms with van der Waals surface area (Å²) in [5, 5.41) is 13.5. The first-order valence-corrected chi connectivity index (χ1v) is 13.1. The van der Waals surface area contributed by atoms with Crippen LogP contribution in [0.2, 0.25) is 0 Å². The molecule has 0 aromatic carbocycles. The number of hydrogen-bond donors (Lipinski definition) is 2. The first-order valence-electron chi connectivity index (χ1n) is 13.1. The first kappa shape index (κ1) is 22.5. The van der Waals surface area contributed by atoms with Gasteiger partial charge in [0, 0.05) is 55.6 Å². The van der Waals surface area contributed by atoms with Gasteiger partial charge in [-0.2, -0.15) is 0 Å². The summed E-state index contributed by atoms with van der Waals surface area (Å²) in [4.78, 5) is 39.6. The summed E-state index contributed by atoms with van der Waals surface area (Å²) < 4.78 is 0. The number of β-amino-alcohol motifs (C(OH)–C–C–N with tert-alkyl or cyclic N) is 1. The molecule has 7 rings (SSSR count). The first-order chi connectivity index (χ1) is 18.0. The molecule has 3 unspecified atom stereocenters. The van der Waals surface area contributed by atoms with Gasteiger partial charge in [0.1, 0.15) is 29.6 Å². The van der Waals surface area contributed by atoms with Gasteiger partial charge in [-0.15, -0.1) is 0 Å². The van der Waals surface area contributed by atoms with Gasteiger partial charge in [-0.25, -0.2) is 24.9 Å². The van der Waals surface area contributed by atoms with E-state index in [0.717, 1.165) is 54.2 Å². The van der Waals surface area contributed by atoms with Crippen LogP contribution in [0.25, 0.3) is 0 Å². The quantitative estimate of drug-likeness (QED) is 0.528. The molecule has 5 heterocycles. The maximum atomic E-state index is 12.9. The van der Waals surface area contributed by atoms with E-state index in [4.69, 9.17) is 4.98 Å². The second-order valence-electron chi connectivity index (χ2n) is 10.9. The highest BCUT2D eigenvalue weighted by molar-refractivity contribution is 5.94. The summed E-state index contributed by atoms with van der Waals surface area (Å²) in [7, 11) is 0. The van der Waals surface area contributed by atoms with Gasteiger partial charge in [0.2, 0.25) is 5.91 Å². The molecule has 10 nitrogen and oxygen atoms in total. The van der Waals surface area contributed by atoms with E-state index in [1.165, 1.54) is 12.7 Å². The number of anilines is 3. The molecule has 2 saturated heterocycles. The molecule has 6 atom stereocenters. The molecule has 3 aromatic heterocycles. The van der Waals surface area contributed by atoms with E-state index in [2.05, 4.69) is 47.2 Å². The molecule has 0 spiro atoms. The fourth-order valence-electron chi connectivity index (χ4n) is 5.96. The lowest BCUT2D eigenvalue weighted by Crippen LogP contribution is -2.26. The summed E-state index contributed by atoms with van der Waals surface area (Å²) in [6, 6.07) is 7.80. The molecular weight excluding hydrogens is 468 g/mol. The van der Waals surface area contributed by atoms with E-state index < -0.39 is 6.10 Å². The number of aliphatic hydroxyl groups excluding tert-OH is 1. The predicted octanol–water partition coefficient (Wildman–Crippen LogP) is 2.48. The summed E-state index contributed by atoms with van der Waals surface area (Å²) in [6.45, 7) is 4.61. The Balaban J connectivity index is 1.04. The number of carbonyl (C=O) groups excluding carboxylic acids is 1. The number of nitrogens with one attached hydrogen (secondary N) is 1. The van der Waals surface area contributed by atoms with Crippen LogP contribution in [0.15, 0.2) is 43.0 Å². The van der Waals surface area contributed by atoms with E-state index in [0.29, 0.717) is 24.6 Å². The zero-order chi connectivity index (χ0) is 25.1. The number of aliphatic hydroxyl groups is 1. The van der Waals surface area contributed by atoms with Crippen molar-refractivity contribution < 1.29 is 9.90 Å². The molecular formula is C27H30N8O2. The molecule has 4 aliphatic rings. The molecule has 10 heteroatoms. The summed E-state index contributed by atoms with van der Waals surface area (Å²) in [5.41, 5.74) is 1.95. The zero-order valence-corrected chi connectivity index (χ0v) is 20.7. The largest absolute Gasteiger partial charge is 0.391 e. The van der Waals surface area contributed by atoms with Gasteiger partial charge in [0.05, 0.1) is 12.1 Å². The third kappa shape index (κ3) is 4.39. The maximum Gasteiger partial charge on any atom is 0.229 e. The Labute approximate surface area is 215 Å². The minimum Gasteiger partial charge on any atom is -0.391 e. The van der Waals surface area contributed by atoms with Crippen LogP contribution in [0.3, 0.4) is 0 Å². The molecule has 2 aliphatic carbocycles. The van der Waals surface area contributed by atoms with Crippen LogP contribution >= 0.6 is 0 Å². The van der Waals surface area contributed by atoms with Crippen LogP contribution in [0.1, 0.15) is 48.3 Å². The minimum atomic E-state index is -0.468. The van der Waals surface area contributed by atoms with Crippen molar-refractivity contribution in [2.24, 2.45) is 17.8 Å². The Morgan fingerprint density at radius 3 is 2.65 bits per heavy atom. The average Bonchev–Trinajstić information content (AvgIpc) is 3.79. The SMILES string of the molecule is Cc1ccnc([C@H]2C[C@@H]2C(=O)Nc2cc(N3C[C@@H](O)CC3c3ccc(N4CC5CC5C4)nc3)ncn2)n1. The van der Waals surface area contributed by atoms with Crippen molar-refractivity contribution in [1.29, 1.82) is 0 Å². The van der Waals surface area contributed by atoms with Crippen molar-refractivity contribution in [2.75, 3.05) is 34.8 Å². The maximum absolute atomic E-state index is 12.9. The lowest BCUT2D eigenvalue weighted by atomic mass is 10.1. The summed E-state index contributed by atoms with van der Waals surface area (Å²) in [5.74, 6) is 4.39. The van der Waals surface area contributed by atoms with Gasteiger partial charge in [0.15, 0.2) is 0 Å². The lowest BCUT2D eigenvalue weighted by Gasteiger charge is -2.26. The number of hydrogen-bond acceptors (Lipinski definition) is 9. The number of amides is 1. The molecule has 2 N–H and O–H groups in total. The van der Waals surface area contributed by atoms with Crippen molar-refractivity contribution in [3.05, 3.63) is 60.1 Å². The van der Waals surface area contributed by atoms with Crippen LogP contribution in [0, 0.1) is 24.7 Å². The normalized spacial score (nSPS) is 29.8. The monoisotopic (exact) mass is 498 g/mol. The fraction of sp³-hybridized carbons (Fsp3) is 0.481. The molecule has 0 radical (unpaired) electrons. The van der Waals surface area contributed by atoms with Crippen LogP contribution in [0.5, 0.6) is 0 Å². The highest BCUT2D eigenvalue weighted by Crippen LogP contribution is 2.47. The number of pyridine rings is 1. The van der Waals surface area contributed by atoms with Crippen LogP contribution in [-0.4, -0.2) is 61.7 Å². The van der Waals surface area contributed by atoms with Gasteiger partial charge in [-0.3, -0.25) is 4.79 Å². The second kappa shape index (κ2) is 8.72. The Hall–Kier alpha value is -3.66. The van der Waals surface area contributed by atoms with Crippen molar-refractivity contribution in [1.82, 2.24) is 24.9 Å². The zero-order valence-electron chi connectivity index (χ0n) is 20.7. The number of nitrogens with zero attached hydrogens (tertiary/aromatic N) is 7. The van der Waals surface area contributed by atoms with Gasteiger partial charge in [-0.1, -0.05) is 6.07 Å². The standard InChI is InChI=1S/C27H30N8O2/c1-15-4-5-28-26(32-15)20-8-21(20)27(37)33-23-9-25(31-14-30-23)35-13-19(36)7-22(35)16-2-3-24(29-10-16)34-11-17-6-18(17)12-34/h2-5,9-10,14,17-22,36H,6-8,11-13H2,1H3,(H,30,31,33,37)/t17?,18?,19-,20-,21-,22?/m0/s1. The van der Waals surface area contributed by atoms with E-state index in [1.54, 1.807) is 12.3 Å². The van der Waals surface area contributed by atoms with E-state index in [1.807, 2.05) is 19.2 Å². The Morgan fingerprint density at radius 2 is 1.86 bits per heavy atom. The van der Waals surface area contributed by atoms with E-state index in [9.17, 15) is 9.90 Å². The van der Waals surface area contributed by atoms with E-state index >= 15 is 0 Å². The fourth-order valence-corrected chi connectivity index (χ4v) is 5.96. The number of rotatable bonds is 6. The number of piperidine rings is 1. The number of aryl methyl sites for hydroxylation is 1. The smallest absolute Gasteiger partial charge is 0.229 e. The molecule has 4 fully saturated rings. The van der Waals surface area contributed by atoms with Crippen molar-refractivity contribution in [3.8, 4) is 0 Å². The molecule has 0 bridgehead atoms. The third-order valence-electron chi connectivity index (χ3n) is 8.21. The van der Waals surface area contributed by atoms with Crippen LogP contribution < -0.4 is 15.1 Å². The topological polar surface area (TPSA) is 120 Å². The van der Waals surface area contributed by atoms with Crippen molar-refractivity contribution in [2.45, 2.75) is 44.2 Å². The molecule has 37 heavy (non-hydrogen) atoms. The Morgan fingerprint density at radius 1 is 1.00 bits per heavy atom. The molecule has 190 valence electrons. The van der Waals surface area contributed by atoms with E-state index in [-0.39, 0.29) is 23.8 Å². The van der Waals surface area contributed by atoms with Crippen molar-refractivity contribution in [3.63, 3.8) is 0 Å². The van der Waals surface area contributed by atoms with Crippen LogP contribution in [-0.2, 0) is 4.79 Å². The highest BCUT2D eigenvalue weighted by Gasteiger charge is 2.47. The molecule has 2 aliphatic heterocycles. The Bertz CT molecular complexity index is 1320. The third-order valence-corrected chi connectivity index (χ3v) is 8.21.